The molecule has 0 aromatic heterocycles. The number of carbonyl (C=O) groups excluding carboxylic acids is 2. The molecule has 3 aliphatic heterocycles. The zero-order chi connectivity index (χ0) is 21.1. The van der Waals surface area contributed by atoms with E-state index in [0.29, 0.717) is 45.1 Å². The Morgan fingerprint density at radius 1 is 1.23 bits per heavy atom. The molecule has 164 valence electrons. The van der Waals surface area contributed by atoms with Gasteiger partial charge >= 0.3 is 0 Å². The number of fused-ring (bicyclic) bond motifs is 1. The van der Waals surface area contributed by atoms with E-state index in [9.17, 15) is 18.0 Å². The van der Waals surface area contributed by atoms with Gasteiger partial charge in [-0.15, -0.1) is 11.8 Å². The van der Waals surface area contributed by atoms with Crippen LogP contribution in [-0.2, 0) is 29.1 Å². The van der Waals surface area contributed by atoms with E-state index in [1.54, 1.807) is 12.1 Å². The molecule has 0 radical (unpaired) electrons. The molecule has 2 saturated heterocycles. The summed E-state index contributed by atoms with van der Waals surface area (Å²) in [6, 6.07) is 4.76. The molecule has 1 aromatic carbocycles. The maximum Gasteiger partial charge on any atom is 0.243 e. The van der Waals surface area contributed by atoms with Crippen molar-refractivity contribution in [2.45, 2.75) is 28.7 Å². The van der Waals surface area contributed by atoms with E-state index in [1.807, 2.05) is 0 Å². The smallest absolute Gasteiger partial charge is 0.243 e. The number of morpholine rings is 1. The molecule has 11 heteroatoms. The molecule has 0 spiro atoms. The van der Waals surface area contributed by atoms with Gasteiger partial charge in [0, 0.05) is 31.1 Å². The highest BCUT2D eigenvalue weighted by atomic mass is 32.2. The van der Waals surface area contributed by atoms with Crippen LogP contribution in [0.25, 0.3) is 0 Å². The standard InChI is InChI=1S/C19H25N3O6S2/c23-18(20-11-14-2-1-7-28-14)12-22-16-10-15(3-4-17(16)29-13-19(22)24)30(25,26)21-5-8-27-9-6-21/h3-4,10,14H,1-2,5-9,11-13H2,(H,20,23)/t14-/m0/s1. The average Bonchev–Trinajstić information content (AvgIpc) is 3.28. The van der Waals surface area contributed by atoms with Crippen LogP contribution in [0.5, 0.6) is 0 Å². The molecule has 1 aromatic rings. The number of hydrogen-bond donors (Lipinski definition) is 1. The second-order valence-corrected chi connectivity index (χ2v) is 10.3. The fraction of sp³-hybridized carbons (Fsp3) is 0.579. The number of sulfonamides is 1. The van der Waals surface area contributed by atoms with Crippen molar-refractivity contribution in [2.75, 3.05) is 56.7 Å². The number of carbonyl (C=O) groups is 2. The van der Waals surface area contributed by atoms with Gasteiger partial charge in [0.2, 0.25) is 21.8 Å². The number of nitrogens with one attached hydrogen (secondary N) is 1. The third kappa shape index (κ3) is 4.65. The predicted octanol–water partition coefficient (Wildman–Crippen LogP) is 0.441. The third-order valence-electron chi connectivity index (χ3n) is 5.33. The van der Waals surface area contributed by atoms with Crippen LogP contribution in [0.2, 0.25) is 0 Å². The van der Waals surface area contributed by atoms with Gasteiger partial charge in [0.1, 0.15) is 6.54 Å². The van der Waals surface area contributed by atoms with Crippen molar-refractivity contribution in [3.63, 3.8) is 0 Å². The molecule has 0 aliphatic carbocycles. The minimum Gasteiger partial charge on any atom is -0.379 e. The number of amides is 2. The highest BCUT2D eigenvalue weighted by molar-refractivity contribution is 8.00. The Bertz CT molecular complexity index is 911. The minimum atomic E-state index is -3.70. The highest BCUT2D eigenvalue weighted by Gasteiger charge is 2.31. The molecule has 1 atom stereocenters. The maximum atomic E-state index is 13.0. The van der Waals surface area contributed by atoms with Gasteiger partial charge in [-0.05, 0) is 31.0 Å². The highest BCUT2D eigenvalue weighted by Crippen LogP contribution is 2.37. The van der Waals surface area contributed by atoms with Gasteiger partial charge in [-0.1, -0.05) is 0 Å². The summed E-state index contributed by atoms with van der Waals surface area (Å²) in [5.41, 5.74) is 0.456. The molecule has 9 nitrogen and oxygen atoms in total. The van der Waals surface area contributed by atoms with Crippen LogP contribution in [0, 0.1) is 0 Å². The van der Waals surface area contributed by atoms with Crippen molar-refractivity contribution in [3.05, 3.63) is 18.2 Å². The van der Waals surface area contributed by atoms with Gasteiger partial charge in [-0.3, -0.25) is 9.59 Å². The first-order valence-electron chi connectivity index (χ1n) is 9.98. The van der Waals surface area contributed by atoms with Crippen molar-refractivity contribution in [1.29, 1.82) is 0 Å². The van der Waals surface area contributed by atoms with E-state index in [-0.39, 0.29) is 35.1 Å². The van der Waals surface area contributed by atoms with Crippen LogP contribution in [-0.4, -0.2) is 82.4 Å². The summed E-state index contributed by atoms with van der Waals surface area (Å²) >= 11 is 1.34. The van der Waals surface area contributed by atoms with E-state index in [4.69, 9.17) is 9.47 Å². The Kier molecular flexibility index (Phi) is 6.63. The average molecular weight is 456 g/mol. The van der Waals surface area contributed by atoms with Crippen LogP contribution in [0.4, 0.5) is 5.69 Å². The molecule has 2 fully saturated rings. The number of benzene rings is 1. The Morgan fingerprint density at radius 2 is 2.03 bits per heavy atom. The second-order valence-electron chi connectivity index (χ2n) is 7.35. The molecular formula is C19H25N3O6S2. The molecule has 2 amide bonds. The summed E-state index contributed by atoms with van der Waals surface area (Å²) in [5.74, 6) is -0.305. The normalized spacial score (nSPS) is 22.7. The largest absolute Gasteiger partial charge is 0.379 e. The Labute approximate surface area is 180 Å². The van der Waals surface area contributed by atoms with Gasteiger partial charge < -0.3 is 19.7 Å². The predicted molar refractivity (Wildman–Crippen MR) is 111 cm³/mol. The molecular weight excluding hydrogens is 430 g/mol. The van der Waals surface area contributed by atoms with E-state index < -0.39 is 10.0 Å². The molecule has 0 bridgehead atoms. The van der Waals surface area contributed by atoms with Crippen LogP contribution in [0.15, 0.2) is 28.0 Å². The lowest BCUT2D eigenvalue weighted by atomic mass is 10.2. The first-order valence-corrected chi connectivity index (χ1v) is 12.4. The summed E-state index contributed by atoms with van der Waals surface area (Å²) in [4.78, 5) is 27.2. The lowest BCUT2D eigenvalue weighted by Gasteiger charge is -2.30. The lowest BCUT2D eigenvalue weighted by molar-refractivity contribution is -0.123. The first-order chi connectivity index (χ1) is 14.4. The summed E-state index contributed by atoms with van der Waals surface area (Å²) < 4.78 is 38.1. The van der Waals surface area contributed by atoms with Gasteiger partial charge in [0.15, 0.2) is 0 Å². The number of rotatable bonds is 6. The summed E-state index contributed by atoms with van der Waals surface area (Å²) in [7, 11) is -3.70. The summed E-state index contributed by atoms with van der Waals surface area (Å²) in [5, 5.41) is 2.81. The van der Waals surface area contributed by atoms with Crippen LogP contribution < -0.4 is 10.2 Å². The molecule has 3 heterocycles. The van der Waals surface area contributed by atoms with E-state index >= 15 is 0 Å². The Morgan fingerprint density at radius 3 is 2.77 bits per heavy atom. The second kappa shape index (κ2) is 9.23. The van der Waals surface area contributed by atoms with Crippen molar-refractivity contribution in [1.82, 2.24) is 9.62 Å². The summed E-state index contributed by atoms with van der Waals surface area (Å²) in [6.07, 6.45) is 1.90. The summed E-state index contributed by atoms with van der Waals surface area (Å²) in [6.45, 7) is 2.26. The third-order valence-corrected chi connectivity index (χ3v) is 8.28. The van der Waals surface area contributed by atoms with Crippen molar-refractivity contribution in [3.8, 4) is 0 Å². The SMILES string of the molecule is O=C(CN1C(=O)CSc2ccc(S(=O)(=O)N3CCOCC3)cc21)NC[C@@H]1CCCO1. The fourth-order valence-corrected chi connectivity index (χ4v) is 6.03. The van der Waals surface area contributed by atoms with Gasteiger partial charge in [-0.2, -0.15) is 4.31 Å². The van der Waals surface area contributed by atoms with Crippen LogP contribution in [0.1, 0.15) is 12.8 Å². The van der Waals surface area contributed by atoms with E-state index in [2.05, 4.69) is 5.32 Å². The number of nitrogens with zero attached hydrogens (tertiary/aromatic N) is 2. The molecule has 4 rings (SSSR count). The van der Waals surface area contributed by atoms with E-state index in [0.717, 1.165) is 17.7 Å². The zero-order valence-corrected chi connectivity index (χ0v) is 18.2. The van der Waals surface area contributed by atoms with Crippen molar-refractivity contribution in [2.24, 2.45) is 0 Å². The van der Waals surface area contributed by atoms with Crippen molar-refractivity contribution < 1.29 is 27.5 Å². The monoisotopic (exact) mass is 455 g/mol. The molecule has 1 N–H and O–H groups in total. The lowest BCUT2D eigenvalue weighted by Crippen LogP contribution is -2.45. The quantitative estimate of drug-likeness (QED) is 0.664. The maximum absolute atomic E-state index is 13.0. The number of thioether (sulfide) groups is 1. The molecule has 30 heavy (non-hydrogen) atoms. The van der Waals surface area contributed by atoms with Gasteiger partial charge in [-0.25, -0.2) is 8.42 Å². The van der Waals surface area contributed by atoms with Crippen LogP contribution in [0.3, 0.4) is 0 Å². The molecule has 0 unspecified atom stereocenters. The molecule has 3 aliphatic rings. The van der Waals surface area contributed by atoms with Gasteiger partial charge in [0.25, 0.3) is 0 Å². The fourth-order valence-electron chi connectivity index (χ4n) is 3.68. The molecule has 0 saturated carbocycles. The van der Waals surface area contributed by atoms with Crippen molar-refractivity contribution >= 4 is 39.3 Å². The number of ether oxygens (including phenoxy) is 2. The first kappa shape index (κ1) is 21.6. The zero-order valence-electron chi connectivity index (χ0n) is 16.5. The number of hydrogen-bond acceptors (Lipinski definition) is 7. The number of anilines is 1. The topological polar surface area (TPSA) is 105 Å². The van der Waals surface area contributed by atoms with E-state index in [1.165, 1.54) is 27.0 Å². The van der Waals surface area contributed by atoms with Gasteiger partial charge in [0.05, 0.1) is 35.7 Å². The Hall–Kier alpha value is -1.66. The van der Waals surface area contributed by atoms with Crippen LogP contribution >= 0.6 is 11.8 Å². The minimum absolute atomic E-state index is 0.0131. The Balaban J connectivity index is 1.52.